The molecule has 4 aromatic rings. The van der Waals surface area contributed by atoms with Crippen molar-refractivity contribution in [2.45, 2.75) is 40.3 Å². The minimum absolute atomic E-state index is 0.223. The Morgan fingerprint density at radius 2 is 1.68 bits per heavy atom. The molecule has 1 aliphatic heterocycles. The number of hydrogen-bond donors (Lipinski definition) is 0. The van der Waals surface area contributed by atoms with Crippen molar-refractivity contribution in [3.05, 3.63) is 113 Å². The van der Waals surface area contributed by atoms with Crippen LogP contribution in [0.3, 0.4) is 0 Å². The number of esters is 2. The van der Waals surface area contributed by atoms with Crippen molar-refractivity contribution in [2.24, 2.45) is 4.99 Å². The molecule has 2 aromatic carbocycles. The molecule has 0 aliphatic carbocycles. The molecule has 0 unspecified atom stereocenters. The molecule has 0 spiro atoms. The highest BCUT2D eigenvalue weighted by Crippen LogP contribution is 2.33. The van der Waals surface area contributed by atoms with Crippen LogP contribution in [0.2, 0.25) is 0 Å². The van der Waals surface area contributed by atoms with Crippen molar-refractivity contribution in [2.75, 3.05) is 19.8 Å². The molecule has 0 N–H and O–H groups in total. The summed E-state index contributed by atoms with van der Waals surface area (Å²) in [5.41, 5.74) is 2.76. The summed E-state index contributed by atoms with van der Waals surface area (Å²) in [6.07, 6.45) is 1.79. The first kappa shape index (κ1) is 31.0. The number of carbonyl (C=O) groups excluding carboxylic acids is 2. The first-order chi connectivity index (χ1) is 21.3. The Morgan fingerprint density at radius 3 is 2.36 bits per heavy atom. The van der Waals surface area contributed by atoms with E-state index in [1.165, 1.54) is 22.7 Å². The number of benzene rings is 2. The van der Waals surface area contributed by atoms with Crippen LogP contribution in [0.15, 0.2) is 81.0 Å². The molecule has 3 heterocycles. The molecule has 5 rings (SSSR count). The van der Waals surface area contributed by atoms with Crippen LogP contribution in [0.5, 0.6) is 11.5 Å². The fourth-order valence-corrected chi connectivity index (χ4v) is 6.64. The third-order valence-corrected chi connectivity index (χ3v) is 8.66. The van der Waals surface area contributed by atoms with E-state index in [9.17, 15) is 14.4 Å². The van der Waals surface area contributed by atoms with E-state index in [0.29, 0.717) is 50.9 Å². The number of fused-ring (bicyclic) bond motifs is 1. The predicted molar refractivity (Wildman–Crippen MR) is 169 cm³/mol. The molecule has 9 nitrogen and oxygen atoms in total. The Labute approximate surface area is 262 Å². The van der Waals surface area contributed by atoms with Crippen molar-refractivity contribution in [1.29, 1.82) is 0 Å². The van der Waals surface area contributed by atoms with Gasteiger partial charge in [-0.15, -0.1) is 11.3 Å². The molecule has 0 saturated carbocycles. The van der Waals surface area contributed by atoms with Gasteiger partial charge in [0.05, 0.1) is 41.2 Å². The molecular formula is C33H32N2O7S2. The lowest BCUT2D eigenvalue weighted by Crippen LogP contribution is -2.39. The number of allylic oxidation sites excluding steroid dienone is 1. The normalized spacial score (nSPS) is 14.5. The van der Waals surface area contributed by atoms with Gasteiger partial charge in [-0.25, -0.2) is 14.6 Å². The highest BCUT2D eigenvalue weighted by Gasteiger charge is 2.33. The first-order valence-electron chi connectivity index (χ1n) is 14.2. The van der Waals surface area contributed by atoms with E-state index in [1.807, 2.05) is 48.7 Å². The van der Waals surface area contributed by atoms with E-state index < -0.39 is 12.0 Å². The smallest absolute Gasteiger partial charge is 0.338 e. The van der Waals surface area contributed by atoms with Crippen LogP contribution in [0.1, 0.15) is 60.1 Å². The number of ether oxygens (including phenoxy) is 4. The first-order valence-corrected chi connectivity index (χ1v) is 15.9. The van der Waals surface area contributed by atoms with Crippen LogP contribution in [-0.2, 0) is 20.9 Å². The van der Waals surface area contributed by atoms with Gasteiger partial charge < -0.3 is 18.9 Å². The summed E-state index contributed by atoms with van der Waals surface area (Å²) in [5.74, 6) is 0.243. The highest BCUT2D eigenvalue weighted by atomic mass is 32.1. The number of thiazole rings is 1. The highest BCUT2D eigenvalue weighted by molar-refractivity contribution is 7.10. The summed E-state index contributed by atoms with van der Waals surface area (Å²) >= 11 is 2.74. The molecule has 1 aliphatic rings. The number of hydrogen-bond acceptors (Lipinski definition) is 10. The number of thiophene rings is 1. The topological polar surface area (TPSA) is 105 Å². The van der Waals surface area contributed by atoms with Gasteiger partial charge in [0, 0.05) is 4.88 Å². The second-order valence-corrected chi connectivity index (χ2v) is 11.7. The Bertz CT molecular complexity index is 1870. The van der Waals surface area contributed by atoms with Crippen LogP contribution >= 0.6 is 22.7 Å². The molecule has 2 aromatic heterocycles. The number of aromatic nitrogens is 1. The Hall–Kier alpha value is -4.48. The van der Waals surface area contributed by atoms with Gasteiger partial charge >= 0.3 is 11.9 Å². The maximum Gasteiger partial charge on any atom is 0.338 e. The van der Waals surface area contributed by atoms with Crippen LogP contribution in [0.4, 0.5) is 0 Å². The Kier molecular flexibility index (Phi) is 9.76. The Balaban J connectivity index is 1.45. The van der Waals surface area contributed by atoms with E-state index in [1.54, 1.807) is 49.6 Å². The van der Waals surface area contributed by atoms with Gasteiger partial charge in [0.2, 0.25) is 0 Å². The van der Waals surface area contributed by atoms with Gasteiger partial charge in [0.15, 0.2) is 16.3 Å². The second kappa shape index (κ2) is 13.9. The largest absolute Gasteiger partial charge is 0.490 e. The van der Waals surface area contributed by atoms with Gasteiger partial charge in [0.25, 0.3) is 5.56 Å². The van der Waals surface area contributed by atoms with Crippen molar-refractivity contribution >= 4 is 40.7 Å². The molecule has 0 fully saturated rings. The summed E-state index contributed by atoms with van der Waals surface area (Å²) in [4.78, 5) is 44.7. The Morgan fingerprint density at radius 1 is 0.932 bits per heavy atom. The lowest BCUT2D eigenvalue weighted by molar-refractivity contribution is -0.139. The van der Waals surface area contributed by atoms with E-state index in [2.05, 4.69) is 4.99 Å². The van der Waals surface area contributed by atoms with Crippen molar-refractivity contribution in [1.82, 2.24) is 4.57 Å². The number of carbonyl (C=O) groups is 2. The van der Waals surface area contributed by atoms with E-state index in [0.717, 1.165) is 16.0 Å². The summed E-state index contributed by atoms with van der Waals surface area (Å²) in [6, 6.07) is 15.7. The third kappa shape index (κ3) is 6.53. The zero-order valence-electron chi connectivity index (χ0n) is 24.8. The van der Waals surface area contributed by atoms with E-state index in [-0.39, 0.29) is 24.7 Å². The van der Waals surface area contributed by atoms with Crippen LogP contribution in [0, 0.1) is 0 Å². The molecule has 11 heteroatoms. The monoisotopic (exact) mass is 632 g/mol. The zero-order valence-corrected chi connectivity index (χ0v) is 26.5. The van der Waals surface area contributed by atoms with E-state index in [4.69, 9.17) is 18.9 Å². The van der Waals surface area contributed by atoms with Crippen LogP contribution in [0.25, 0.3) is 6.08 Å². The summed E-state index contributed by atoms with van der Waals surface area (Å²) in [6.45, 7) is 8.41. The lowest BCUT2D eigenvalue weighted by atomic mass is 10.0. The zero-order chi connectivity index (χ0) is 31.2. The van der Waals surface area contributed by atoms with Crippen LogP contribution < -0.4 is 24.4 Å². The van der Waals surface area contributed by atoms with Crippen molar-refractivity contribution < 1.29 is 28.5 Å². The predicted octanol–water partition coefficient (Wildman–Crippen LogP) is 5.01. The quantitative estimate of drug-likeness (QED) is 0.214. The summed E-state index contributed by atoms with van der Waals surface area (Å²) in [5, 5.41) is 1.92. The minimum Gasteiger partial charge on any atom is -0.490 e. The summed E-state index contributed by atoms with van der Waals surface area (Å²) in [7, 11) is 0. The standard InChI is InChI=1S/C33H32N2O7S2/c1-5-39-25-17-22(12-15-24(25)42-19-21-10-13-23(14-11-21)31(37)40-6-2)18-27-30(36)35-29(26-9-8-16-43-26)28(32(38)41-7-3)20(4)34-33(35)44-27/h8-18,29H,5-7,19H2,1-4H3/b27-18-/t29-/m0/s1. The van der Waals surface area contributed by atoms with Gasteiger partial charge in [-0.3, -0.25) is 9.36 Å². The SMILES string of the molecule is CCOC(=O)C1=C(C)N=c2s/c(=C\c3ccc(OCc4ccc(C(=O)OCC)cc4)c(OCC)c3)c(=O)n2[C@H]1c1cccs1. The summed E-state index contributed by atoms with van der Waals surface area (Å²) < 4.78 is 24.4. The second-order valence-electron chi connectivity index (χ2n) is 9.66. The number of nitrogens with zero attached hydrogens (tertiary/aromatic N) is 2. The average molecular weight is 633 g/mol. The average Bonchev–Trinajstić information content (AvgIpc) is 3.65. The minimum atomic E-state index is -0.617. The molecule has 0 radical (unpaired) electrons. The van der Waals surface area contributed by atoms with Crippen molar-refractivity contribution in [3.63, 3.8) is 0 Å². The van der Waals surface area contributed by atoms with Crippen molar-refractivity contribution in [3.8, 4) is 11.5 Å². The van der Waals surface area contributed by atoms with E-state index >= 15 is 0 Å². The molecule has 1 atom stereocenters. The fraction of sp³-hybridized carbons (Fsp3) is 0.273. The fourth-order valence-electron chi connectivity index (χ4n) is 4.77. The maximum absolute atomic E-state index is 13.8. The van der Waals surface area contributed by atoms with Gasteiger partial charge in [-0.05, 0) is 80.6 Å². The van der Waals surface area contributed by atoms with Gasteiger partial charge in [-0.2, -0.15) is 0 Å². The number of rotatable bonds is 11. The van der Waals surface area contributed by atoms with Gasteiger partial charge in [0.1, 0.15) is 12.6 Å². The third-order valence-electron chi connectivity index (χ3n) is 6.75. The molecule has 0 bridgehead atoms. The molecule has 228 valence electrons. The van der Waals surface area contributed by atoms with Gasteiger partial charge in [-0.1, -0.05) is 35.6 Å². The maximum atomic E-state index is 13.8. The molecule has 0 saturated heterocycles. The molecule has 44 heavy (non-hydrogen) atoms. The molecular weight excluding hydrogens is 601 g/mol. The lowest BCUT2D eigenvalue weighted by Gasteiger charge is -2.23. The molecule has 0 amide bonds. The van der Waals surface area contributed by atoms with Crippen LogP contribution in [-0.4, -0.2) is 36.3 Å².